The number of hydrogen-bond acceptors (Lipinski definition) is 3. The minimum atomic E-state index is -3.00. The molecule has 0 amide bonds. The summed E-state index contributed by atoms with van der Waals surface area (Å²) in [5, 5.41) is 8.48. The Balaban J connectivity index is 2.17. The van der Waals surface area contributed by atoms with Crippen LogP contribution in [0.5, 0.6) is 0 Å². The third kappa shape index (κ3) is 7.94. The van der Waals surface area contributed by atoms with Crippen molar-refractivity contribution in [3.8, 4) is 0 Å². The maximum atomic E-state index is 11.9. The summed E-state index contributed by atoms with van der Waals surface area (Å²) in [6, 6.07) is 9.59. The largest absolute Gasteiger partial charge is 0.481 e. The SMILES string of the molecule is O=C(O)CCCCCCS(=O)(=O)CCc1ccccc1. The van der Waals surface area contributed by atoms with Crippen LogP contribution >= 0.6 is 0 Å². The number of sulfone groups is 1. The Labute approximate surface area is 120 Å². The first-order valence-corrected chi connectivity index (χ1v) is 8.78. The second kappa shape index (κ2) is 8.74. The van der Waals surface area contributed by atoms with E-state index in [2.05, 4.69) is 0 Å². The number of carboxylic acids is 1. The van der Waals surface area contributed by atoms with Gasteiger partial charge in [-0.15, -0.1) is 0 Å². The average molecular weight is 298 g/mol. The van der Waals surface area contributed by atoms with E-state index < -0.39 is 15.8 Å². The van der Waals surface area contributed by atoms with Gasteiger partial charge in [-0.3, -0.25) is 4.79 Å². The number of aliphatic carboxylic acids is 1. The van der Waals surface area contributed by atoms with Gasteiger partial charge in [-0.25, -0.2) is 8.42 Å². The Morgan fingerprint density at radius 1 is 0.950 bits per heavy atom. The second-order valence-corrected chi connectivity index (χ2v) is 7.25. The lowest BCUT2D eigenvalue weighted by Gasteiger charge is -2.04. The third-order valence-electron chi connectivity index (χ3n) is 3.14. The van der Waals surface area contributed by atoms with Crippen LogP contribution in [0.4, 0.5) is 0 Å². The van der Waals surface area contributed by atoms with E-state index in [1.54, 1.807) is 0 Å². The highest BCUT2D eigenvalue weighted by molar-refractivity contribution is 7.91. The molecule has 112 valence electrons. The minimum absolute atomic E-state index is 0.167. The normalized spacial score (nSPS) is 11.4. The quantitative estimate of drug-likeness (QED) is 0.674. The Morgan fingerprint density at radius 3 is 2.25 bits per heavy atom. The predicted octanol–water partition coefficient (Wildman–Crippen LogP) is 2.68. The molecule has 0 unspecified atom stereocenters. The fraction of sp³-hybridized carbons (Fsp3) is 0.533. The molecule has 0 aliphatic carbocycles. The average Bonchev–Trinajstić information content (AvgIpc) is 2.41. The molecular weight excluding hydrogens is 276 g/mol. The summed E-state index contributed by atoms with van der Waals surface area (Å²) in [5.41, 5.74) is 1.04. The van der Waals surface area contributed by atoms with Gasteiger partial charge in [-0.05, 0) is 24.8 Å². The summed E-state index contributed by atoms with van der Waals surface area (Å²) in [5.74, 6) is -0.403. The highest BCUT2D eigenvalue weighted by Crippen LogP contribution is 2.07. The van der Waals surface area contributed by atoms with Crippen LogP contribution < -0.4 is 0 Å². The van der Waals surface area contributed by atoms with E-state index in [0.29, 0.717) is 19.3 Å². The highest BCUT2D eigenvalue weighted by atomic mass is 32.2. The van der Waals surface area contributed by atoms with Crippen LogP contribution in [0.15, 0.2) is 30.3 Å². The van der Waals surface area contributed by atoms with E-state index in [9.17, 15) is 13.2 Å². The number of carbonyl (C=O) groups is 1. The number of unbranched alkanes of at least 4 members (excludes halogenated alkanes) is 3. The van der Waals surface area contributed by atoms with E-state index in [1.165, 1.54) is 0 Å². The smallest absolute Gasteiger partial charge is 0.303 e. The van der Waals surface area contributed by atoms with Gasteiger partial charge in [0.15, 0.2) is 9.84 Å². The summed E-state index contributed by atoms with van der Waals surface area (Å²) in [4.78, 5) is 10.3. The minimum Gasteiger partial charge on any atom is -0.481 e. The molecule has 20 heavy (non-hydrogen) atoms. The fourth-order valence-corrected chi connectivity index (χ4v) is 3.37. The van der Waals surface area contributed by atoms with Crippen molar-refractivity contribution in [2.45, 2.75) is 38.5 Å². The molecule has 0 spiro atoms. The summed E-state index contributed by atoms with van der Waals surface area (Å²) >= 11 is 0. The first kappa shape index (κ1) is 16.7. The molecule has 1 rings (SSSR count). The molecule has 1 aromatic carbocycles. The Hall–Kier alpha value is -1.36. The van der Waals surface area contributed by atoms with Crippen molar-refractivity contribution >= 4 is 15.8 Å². The lowest BCUT2D eigenvalue weighted by molar-refractivity contribution is -0.137. The molecule has 0 saturated carbocycles. The van der Waals surface area contributed by atoms with Gasteiger partial charge >= 0.3 is 5.97 Å². The number of aryl methyl sites for hydroxylation is 1. The van der Waals surface area contributed by atoms with E-state index in [4.69, 9.17) is 5.11 Å². The number of carboxylic acid groups (broad SMARTS) is 1. The van der Waals surface area contributed by atoms with Crippen LogP contribution in [0.1, 0.15) is 37.7 Å². The van der Waals surface area contributed by atoms with Crippen molar-refractivity contribution in [2.24, 2.45) is 0 Å². The summed E-state index contributed by atoms with van der Waals surface area (Å²) < 4.78 is 23.7. The first-order chi connectivity index (χ1) is 9.49. The van der Waals surface area contributed by atoms with Gasteiger partial charge in [0.2, 0.25) is 0 Å². The number of benzene rings is 1. The van der Waals surface area contributed by atoms with Gasteiger partial charge in [0.05, 0.1) is 11.5 Å². The molecule has 0 aliphatic heterocycles. The molecule has 4 nitrogen and oxygen atoms in total. The maximum Gasteiger partial charge on any atom is 0.303 e. The van der Waals surface area contributed by atoms with E-state index in [0.717, 1.165) is 18.4 Å². The van der Waals surface area contributed by atoms with Crippen LogP contribution in [0.2, 0.25) is 0 Å². The zero-order valence-corrected chi connectivity index (χ0v) is 12.4. The van der Waals surface area contributed by atoms with Crippen molar-refractivity contribution in [1.82, 2.24) is 0 Å². The summed E-state index contributed by atoms with van der Waals surface area (Å²) in [6.45, 7) is 0. The Kier molecular flexibility index (Phi) is 7.30. The van der Waals surface area contributed by atoms with Gasteiger partial charge in [-0.2, -0.15) is 0 Å². The van der Waals surface area contributed by atoms with Crippen molar-refractivity contribution in [3.05, 3.63) is 35.9 Å². The monoisotopic (exact) mass is 298 g/mol. The van der Waals surface area contributed by atoms with Gasteiger partial charge in [0.1, 0.15) is 0 Å². The fourth-order valence-electron chi connectivity index (χ4n) is 1.97. The van der Waals surface area contributed by atoms with Crippen LogP contribution in [0, 0.1) is 0 Å². The molecule has 0 atom stereocenters. The van der Waals surface area contributed by atoms with Gasteiger partial charge < -0.3 is 5.11 Å². The molecule has 1 N–H and O–H groups in total. The zero-order chi connectivity index (χ0) is 14.8. The molecular formula is C15H22O4S. The Bertz CT molecular complexity index is 494. The van der Waals surface area contributed by atoms with E-state index >= 15 is 0 Å². The van der Waals surface area contributed by atoms with Crippen molar-refractivity contribution < 1.29 is 18.3 Å². The second-order valence-electron chi connectivity index (χ2n) is 4.95. The van der Waals surface area contributed by atoms with Crippen LogP contribution in [0.3, 0.4) is 0 Å². The molecule has 0 heterocycles. The highest BCUT2D eigenvalue weighted by Gasteiger charge is 2.10. The molecule has 0 aromatic heterocycles. The van der Waals surface area contributed by atoms with Crippen LogP contribution in [-0.2, 0) is 21.1 Å². The van der Waals surface area contributed by atoms with E-state index in [1.807, 2.05) is 30.3 Å². The molecule has 0 radical (unpaired) electrons. The lowest BCUT2D eigenvalue weighted by atomic mass is 10.2. The Morgan fingerprint density at radius 2 is 1.60 bits per heavy atom. The predicted molar refractivity (Wildman–Crippen MR) is 79.5 cm³/mol. The van der Waals surface area contributed by atoms with Crippen molar-refractivity contribution in [1.29, 1.82) is 0 Å². The molecule has 0 fully saturated rings. The lowest BCUT2D eigenvalue weighted by Crippen LogP contribution is -2.13. The number of rotatable bonds is 10. The van der Waals surface area contributed by atoms with Crippen LogP contribution in [-0.4, -0.2) is 31.0 Å². The first-order valence-electron chi connectivity index (χ1n) is 6.96. The molecule has 1 aromatic rings. The topological polar surface area (TPSA) is 71.4 Å². The molecule has 0 bridgehead atoms. The van der Waals surface area contributed by atoms with Gasteiger partial charge in [0, 0.05) is 6.42 Å². The molecule has 0 aliphatic rings. The van der Waals surface area contributed by atoms with Crippen molar-refractivity contribution in [3.63, 3.8) is 0 Å². The standard InChI is InChI=1S/C15H22O4S/c16-15(17)10-6-1-2-7-12-20(18,19)13-11-14-8-4-3-5-9-14/h3-5,8-9H,1-2,6-7,10-13H2,(H,16,17). The summed E-state index contributed by atoms with van der Waals surface area (Å²) in [6.07, 6.45) is 3.53. The van der Waals surface area contributed by atoms with Crippen molar-refractivity contribution in [2.75, 3.05) is 11.5 Å². The van der Waals surface area contributed by atoms with Gasteiger partial charge in [-0.1, -0.05) is 43.2 Å². The van der Waals surface area contributed by atoms with E-state index in [-0.39, 0.29) is 17.9 Å². The molecule has 0 saturated heterocycles. The van der Waals surface area contributed by atoms with Gasteiger partial charge in [0.25, 0.3) is 0 Å². The maximum absolute atomic E-state index is 11.9. The van der Waals surface area contributed by atoms with Crippen LogP contribution in [0.25, 0.3) is 0 Å². The zero-order valence-electron chi connectivity index (χ0n) is 11.6. The number of hydrogen-bond donors (Lipinski definition) is 1. The summed E-state index contributed by atoms with van der Waals surface area (Å²) in [7, 11) is -3.00. The third-order valence-corrected chi connectivity index (χ3v) is 4.88. The molecule has 5 heteroatoms.